The van der Waals surface area contributed by atoms with Crippen LogP contribution in [0.25, 0.3) is 0 Å². The average molecular weight is 580 g/mol. The summed E-state index contributed by atoms with van der Waals surface area (Å²) in [5.41, 5.74) is 3.90. The number of hydrogen-bond acceptors (Lipinski definition) is 8. The molecule has 2 amide bonds. The molecule has 2 aromatic rings. The standard InChI is InChI=1S/C31H42BN3O7/c1-20(2)27(33-28(36)25-11-10-24-19-41-32(39)26(24)21(25)3)29(37)40-18-23-9-7-8-22(16-23)17-34-12-14-35(15-13-34)30(38)42-31(4,5)6/h7-11,16,20,27,39H,12-15,17-19H2,1-6H3,(H,33,36)/t27-/m0/s1. The van der Waals surface area contributed by atoms with Gasteiger partial charge in [0.2, 0.25) is 0 Å². The largest absolute Gasteiger partial charge is 0.492 e. The molecule has 4 rings (SSSR count). The fourth-order valence-corrected chi connectivity index (χ4v) is 5.20. The molecule has 2 heterocycles. The van der Waals surface area contributed by atoms with Gasteiger partial charge in [-0.05, 0) is 67.4 Å². The van der Waals surface area contributed by atoms with E-state index in [0.717, 1.165) is 29.8 Å². The number of hydrogen-bond donors (Lipinski definition) is 2. The van der Waals surface area contributed by atoms with E-state index in [2.05, 4.69) is 10.2 Å². The summed E-state index contributed by atoms with van der Waals surface area (Å²) in [5.74, 6) is -1.11. The highest BCUT2D eigenvalue weighted by molar-refractivity contribution is 6.62. The third kappa shape index (κ3) is 7.90. The first-order valence-corrected chi connectivity index (χ1v) is 14.5. The van der Waals surface area contributed by atoms with Gasteiger partial charge in [-0.25, -0.2) is 9.59 Å². The van der Waals surface area contributed by atoms with Gasteiger partial charge in [-0.2, -0.15) is 0 Å². The first kappa shape index (κ1) is 31.5. The van der Waals surface area contributed by atoms with Gasteiger partial charge in [0.25, 0.3) is 5.91 Å². The van der Waals surface area contributed by atoms with E-state index in [9.17, 15) is 19.4 Å². The Balaban J connectivity index is 1.30. The zero-order chi connectivity index (χ0) is 30.6. The molecule has 2 aliphatic rings. The summed E-state index contributed by atoms with van der Waals surface area (Å²) in [5, 5.41) is 13.0. The molecule has 0 aliphatic carbocycles. The van der Waals surface area contributed by atoms with Crippen LogP contribution in [0.5, 0.6) is 0 Å². The Morgan fingerprint density at radius 1 is 1.07 bits per heavy atom. The summed E-state index contributed by atoms with van der Waals surface area (Å²) in [6, 6.07) is 10.5. The predicted octanol–water partition coefficient (Wildman–Crippen LogP) is 2.76. The molecule has 1 fully saturated rings. The number of carbonyl (C=O) groups is 3. The second-order valence-electron chi connectivity index (χ2n) is 12.3. The summed E-state index contributed by atoms with van der Waals surface area (Å²) in [6.07, 6.45) is -0.280. The molecular formula is C31H42BN3O7. The maximum absolute atomic E-state index is 13.1. The number of piperazine rings is 1. The Kier molecular flexibility index (Phi) is 9.96. The lowest BCUT2D eigenvalue weighted by Gasteiger charge is -2.35. The van der Waals surface area contributed by atoms with E-state index >= 15 is 0 Å². The highest BCUT2D eigenvalue weighted by Crippen LogP contribution is 2.18. The summed E-state index contributed by atoms with van der Waals surface area (Å²) in [6.45, 7) is 14.8. The van der Waals surface area contributed by atoms with Crippen molar-refractivity contribution in [3.63, 3.8) is 0 Å². The monoisotopic (exact) mass is 579 g/mol. The van der Waals surface area contributed by atoms with E-state index in [1.807, 2.05) is 58.9 Å². The van der Waals surface area contributed by atoms with Crippen LogP contribution >= 0.6 is 0 Å². The van der Waals surface area contributed by atoms with E-state index < -0.39 is 30.6 Å². The van der Waals surface area contributed by atoms with Gasteiger partial charge in [-0.3, -0.25) is 9.69 Å². The van der Waals surface area contributed by atoms with E-state index in [0.29, 0.717) is 42.8 Å². The molecule has 0 saturated carbocycles. The molecule has 226 valence electrons. The minimum absolute atomic E-state index is 0.0829. The van der Waals surface area contributed by atoms with E-state index in [-0.39, 0.29) is 18.6 Å². The Labute approximate surface area is 248 Å². The lowest BCUT2D eigenvalue weighted by Crippen LogP contribution is -2.49. The number of nitrogens with one attached hydrogen (secondary N) is 1. The van der Waals surface area contributed by atoms with Gasteiger partial charge in [-0.1, -0.05) is 44.2 Å². The lowest BCUT2D eigenvalue weighted by atomic mass is 9.75. The molecule has 42 heavy (non-hydrogen) atoms. The molecule has 2 aromatic carbocycles. The van der Waals surface area contributed by atoms with Crippen LogP contribution in [0.4, 0.5) is 4.79 Å². The van der Waals surface area contributed by atoms with Gasteiger partial charge < -0.3 is 29.4 Å². The molecule has 0 unspecified atom stereocenters. The molecule has 10 nitrogen and oxygen atoms in total. The number of nitrogens with zero attached hydrogens (tertiary/aromatic N) is 2. The van der Waals surface area contributed by atoms with Crippen LogP contribution in [-0.4, -0.2) is 77.7 Å². The summed E-state index contributed by atoms with van der Waals surface area (Å²) < 4.78 is 16.4. The van der Waals surface area contributed by atoms with Crippen LogP contribution in [0.15, 0.2) is 36.4 Å². The van der Waals surface area contributed by atoms with Crippen LogP contribution in [0.1, 0.15) is 67.2 Å². The number of fused-ring (bicyclic) bond motifs is 1. The Morgan fingerprint density at radius 3 is 2.43 bits per heavy atom. The summed E-state index contributed by atoms with van der Waals surface area (Å²) >= 11 is 0. The van der Waals surface area contributed by atoms with Gasteiger partial charge in [0.05, 0.1) is 6.61 Å². The van der Waals surface area contributed by atoms with Crippen molar-refractivity contribution >= 4 is 30.6 Å². The summed E-state index contributed by atoms with van der Waals surface area (Å²) in [7, 11) is -1.06. The van der Waals surface area contributed by atoms with Crippen LogP contribution < -0.4 is 10.8 Å². The molecule has 1 saturated heterocycles. The molecule has 2 aliphatic heterocycles. The van der Waals surface area contributed by atoms with Gasteiger partial charge >= 0.3 is 19.2 Å². The second kappa shape index (κ2) is 13.3. The van der Waals surface area contributed by atoms with Crippen molar-refractivity contribution in [2.75, 3.05) is 26.2 Å². The van der Waals surface area contributed by atoms with Crippen molar-refractivity contribution in [2.24, 2.45) is 5.92 Å². The number of esters is 1. The topological polar surface area (TPSA) is 118 Å². The van der Waals surface area contributed by atoms with Gasteiger partial charge in [0.15, 0.2) is 0 Å². The maximum atomic E-state index is 13.1. The number of rotatable bonds is 8. The molecule has 2 N–H and O–H groups in total. The SMILES string of the molecule is Cc1c(C(=O)N[C@H](C(=O)OCc2cccc(CN3CCN(C(=O)OC(C)(C)C)CC3)c2)C(C)C)ccc2c1B(O)OC2. The zero-order valence-electron chi connectivity index (χ0n) is 25.4. The fourth-order valence-electron chi connectivity index (χ4n) is 5.20. The zero-order valence-corrected chi connectivity index (χ0v) is 25.4. The smallest absolute Gasteiger partial charge is 0.459 e. The van der Waals surface area contributed by atoms with Gasteiger partial charge in [0, 0.05) is 38.3 Å². The van der Waals surface area contributed by atoms with Crippen LogP contribution in [-0.2, 0) is 38.7 Å². The minimum Gasteiger partial charge on any atom is -0.459 e. The Morgan fingerprint density at radius 2 is 1.76 bits per heavy atom. The number of benzene rings is 2. The number of ether oxygens (including phenoxy) is 2. The minimum atomic E-state index is -1.06. The first-order chi connectivity index (χ1) is 19.8. The van der Waals surface area contributed by atoms with Crippen LogP contribution in [0, 0.1) is 12.8 Å². The highest BCUT2D eigenvalue weighted by Gasteiger charge is 2.33. The molecular weight excluding hydrogens is 537 g/mol. The van der Waals surface area contributed by atoms with E-state index in [1.165, 1.54) is 0 Å². The normalized spacial score (nSPS) is 16.3. The molecule has 1 atom stereocenters. The molecule has 0 spiro atoms. The van der Waals surface area contributed by atoms with Crippen molar-refractivity contribution in [2.45, 2.75) is 72.9 Å². The van der Waals surface area contributed by atoms with Gasteiger partial charge in [0.1, 0.15) is 18.2 Å². The molecule has 0 bridgehead atoms. The van der Waals surface area contributed by atoms with Crippen molar-refractivity contribution in [3.05, 3.63) is 64.2 Å². The summed E-state index contributed by atoms with van der Waals surface area (Å²) in [4.78, 5) is 42.6. The second-order valence-corrected chi connectivity index (χ2v) is 12.3. The molecule has 0 aromatic heterocycles. The number of carbonyl (C=O) groups excluding carboxylic acids is 3. The lowest BCUT2D eigenvalue weighted by molar-refractivity contribution is -0.148. The maximum Gasteiger partial charge on any atom is 0.492 e. The van der Waals surface area contributed by atoms with Crippen molar-refractivity contribution in [1.82, 2.24) is 15.1 Å². The third-order valence-electron chi connectivity index (χ3n) is 7.50. The third-order valence-corrected chi connectivity index (χ3v) is 7.50. The van der Waals surface area contributed by atoms with E-state index in [4.69, 9.17) is 14.1 Å². The quantitative estimate of drug-likeness (QED) is 0.362. The molecule has 0 radical (unpaired) electrons. The Bertz CT molecular complexity index is 1300. The first-order valence-electron chi connectivity index (χ1n) is 14.5. The van der Waals surface area contributed by atoms with Crippen LogP contribution in [0.3, 0.4) is 0 Å². The van der Waals surface area contributed by atoms with E-state index in [1.54, 1.807) is 24.0 Å². The highest BCUT2D eigenvalue weighted by atomic mass is 16.6. The Hall–Kier alpha value is -3.41. The van der Waals surface area contributed by atoms with Crippen molar-refractivity contribution < 1.29 is 33.5 Å². The average Bonchev–Trinajstić information content (AvgIpc) is 3.31. The predicted molar refractivity (Wildman–Crippen MR) is 159 cm³/mol. The van der Waals surface area contributed by atoms with Crippen LogP contribution in [0.2, 0.25) is 0 Å². The fraction of sp³-hybridized carbons (Fsp3) is 0.516. The van der Waals surface area contributed by atoms with Crippen molar-refractivity contribution in [1.29, 1.82) is 0 Å². The number of amides is 2. The van der Waals surface area contributed by atoms with Gasteiger partial charge in [-0.15, -0.1) is 0 Å². The van der Waals surface area contributed by atoms with Crippen molar-refractivity contribution in [3.8, 4) is 0 Å². The molecule has 11 heteroatoms.